The van der Waals surface area contributed by atoms with Gasteiger partial charge in [-0.15, -0.1) is 0 Å². The highest BCUT2D eigenvalue weighted by atomic mass is 16.3. The van der Waals surface area contributed by atoms with E-state index in [0.717, 1.165) is 49.4 Å². The van der Waals surface area contributed by atoms with Gasteiger partial charge >= 0.3 is 0 Å². The fourth-order valence-corrected chi connectivity index (χ4v) is 8.78. The van der Waals surface area contributed by atoms with Crippen LogP contribution in [0, 0.1) is 0 Å². The van der Waals surface area contributed by atoms with E-state index in [0.29, 0.717) is 0 Å². The minimum atomic E-state index is 0.876. The molecule has 240 valence electrons. The van der Waals surface area contributed by atoms with Crippen LogP contribution in [0.5, 0.6) is 0 Å². The lowest BCUT2D eigenvalue weighted by atomic mass is 9.91. The third kappa shape index (κ3) is 3.89. The Morgan fingerprint density at radius 1 is 0.231 bits per heavy atom. The van der Waals surface area contributed by atoms with Crippen LogP contribution in [0.1, 0.15) is 0 Å². The lowest BCUT2D eigenvalue weighted by Gasteiger charge is -2.13. The molecule has 0 amide bonds. The van der Waals surface area contributed by atoms with Crippen molar-refractivity contribution in [2.24, 2.45) is 0 Å². The molecule has 52 heavy (non-hydrogen) atoms. The van der Waals surface area contributed by atoms with Crippen LogP contribution in [0.25, 0.3) is 120 Å². The Bertz CT molecular complexity index is 3430. The minimum Gasteiger partial charge on any atom is -0.456 e. The van der Waals surface area contributed by atoms with Gasteiger partial charge in [0, 0.05) is 21.5 Å². The van der Waals surface area contributed by atoms with Crippen molar-refractivity contribution in [1.82, 2.24) is 0 Å². The highest BCUT2D eigenvalue weighted by molar-refractivity contribution is 6.27. The van der Waals surface area contributed by atoms with E-state index >= 15 is 0 Å². The van der Waals surface area contributed by atoms with Crippen molar-refractivity contribution in [3.8, 4) is 22.3 Å². The second-order valence-electron chi connectivity index (χ2n) is 14.0. The second kappa shape index (κ2) is 10.3. The lowest BCUT2D eigenvalue weighted by molar-refractivity contribution is 0.663. The van der Waals surface area contributed by atoms with E-state index in [9.17, 15) is 0 Å². The summed E-state index contributed by atoms with van der Waals surface area (Å²) in [6, 6.07) is 61.6. The topological polar surface area (TPSA) is 26.3 Å². The highest BCUT2D eigenvalue weighted by Gasteiger charge is 2.17. The van der Waals surface area contributed by atoms with Gasteiger partial charge in [0.1, 0.15) is 22.3 Å². The predicted octanol–water partition coefficient (Wildman–Crippen LogP) is 14.6. The summed E-state index contributed by atoms with van der Waals surface area (Å²) in [7, 11) is 0. The zero-order valence-corrected chi connectivity index (χ0v) is 28.0. The van der Waals surface area contributed by atoms with Crippen LogP contribution in [-0.2, 0) is 0 Å². The molecule has 0 aliphatic heterocycles. The Balaban J connectivity index is 0.968. The molecular formula is C50H28O2. The number of rotatable bonds is 2. The SMILES string of the molecule is c1ccc2c(c1)oc1ccc3oc4ccc(-c5ccc6c(ccc7cc(-c8ccc9c%10ccccc%10c%10ccccc%10c9c8)ccc76)c5)cc4c3c12. The second-order valence-corrected chi connectivity index (χ2v) is 14.0. The van der Waals surface area contributed by atoms with Crippen molar-refractivity contribution < 1.29 is 8.83 Å². The average Bonchev–Trinajstić information content (AvgIpc) is 3.78. The lowest BCUT2D eigenvalue weighted by Crippen LogP contribution is -1.86. The van der Waals surface area contributed by atoms with Gasteiger partial charge in [-0.25, -0.2) is 0 Å². The Morgan fingerprint density at radius 2 is 0.615 bits per heavy atom. The van der Waals surface area contributed by atoms with Gasteiger partial charge in [-0.1, -0.05) is 121 Å². The van der Waals surface area contributed by atoms with Crippen molar-refractivity contribution in [1.29, 1.82) is 0 Å². The summed E-state index contributed by atoms with van der Waals surface area (Å²) < 4.78 is 12.6. The molecule has 2 aromatic heterocycles. The zero-order chi connectivity index (χ0) is 33.9. The molecule has 0 bridgehead atoms. The standard InChI is InChI=1S/C50H28O2/c1-2-9-39-37(7-1)38-8-3-4-10-40(38)43-27-31(17-21-41(39)43)29-15-19-35-33(25-29)13-14-34-26-30(16-20-36(34)35)32-18-22-46-44(28-32)50-48(52-46)24-23-47-49(50)42-11-5-6-12-45(42)51-47/h1-28H. The summed E-state index contributed by atoms with van der Waals surface area (Å²) in [5.41, 5.74) is 8.33. The molecule has 10 aromatic carbocycles. The third-order valence-corrected chi connectivity index (χ3v) is 11.2. The number of hydrogen-bond acceptors (Lipinski definition) is 2. The monoisotopic (exact) mass is 660 g/mol. The molecule has 12 aromatic rings. The first-order chi connectivity index (χ1) is 25.7. The Hall–Kier alpha value is -6.90. The molecule has 0 aliphatic carbocycles. The van der Waals surface area contributed by atoms with Crippen LogP contribution in [0.4, 0.5) is 0 Å². The first-order valence-electron chi connectivity index (χ1n) is 17.8. The molecule has 0 spiro atoms. The van der Waals surface area contributed by atoms with Gasteiger partial charge in [0.2, 0.25) is 0 Å². The van der Waals surface area contributed by atoms with Crippen molar-refractivity contribution in [2.45, 2.75) is 0 Å². The molecule has 0 saturated carbocycles. The van der Waals surface area contributed by atoms with Crippen molar-refractivity contribution in [2.75, 3.05) is 0 Å². The molecule has 0 radical (unpaired) electrons. The van der Waals surface area contributed by atoms with Gasteiger partial charge in [-0.3, -0.25) is 0 Å². The van der Waals surface area contributed by atoms with Crippen LogP contribution in [-0.4, -0.2) is 0 Å². The number of hydrogen-bond donors (Lipinski definition) is 0. The molecule has 0 atom stereocenters. The van der Waals surface area contributed by atoms with Gasteiger partial charge in [-0.2, -0.15) is 0 Å². The largest absolute Gasteiger partial charge is 0.456 e. The van der Waals surface area contributed by atoms with E-state index in [4.69, 9.17) is 8.83 Å². The van der Waals surface area contributed by atoms with Crippen LogP contribution < -0.4 is 0 Å². The number of benzene rings is 10. The smallest absolute Gasteiger partial charge is 0.136 e. The fraction of sp³-hybridized carbons (Fsp3) is 0. The van der Waals surface area contributed by atoms with E-state index in [1.807, 2.05) is 24.3 Å². The van der Waals surface area contributed by atoms with E-state index in [2.05, 4.69) is 146 Å². The quantitative estimate of drug-likeness (QED) is 0.173. The van der Waals surface area contributed by atoms with Gasteiger partial charge in [0.25, 0.3) is 0 Å². The summed E-state index contributed by atoms with van der Waals surface area (Å²) in [4.78, 5) is 0. The number of para-hydroxylation sites is 1. The molecule has 0 aliphatic rings. The maximum atomic E-state index is 6.34. The van der Waals surface area contributed by atoms with E-state index in [1.165, 1.54) is 70.6 Å². The van der Waals surface area contributed by atoms with Crippen molar-refractivity contribution in [3.63, 3.8) is 0 Å². The molecule has 0 fully saturated rings. The molecule has 0 unspecified atom stereocenters. The summed E-state index contributed by atoms with van der Waals surface area (Å²) in [5, 5.41) is 17.2. The third-order valence-electron chi connectivity index (χ3n) is 11.2. The molecular weight excluding hydrogens is 633 g/mol. The molecule has 0 saturated heterocycles. The average molecular weight is 661 g/mol. The maximum absolute atomic E-state index is 6.34. The summed E-state index contributed by atoms with van der Waals surface area (Å²) in [6.45, 7) is 0. The molecule has 2 heteroatoms. The normalized spacial score (nSPS) is 12.2. The Kier molecular flexibility index (Phi) is 5.53. The molecule has 12 rings (SSSR count). The molecule has 2 nitrogen and oxygen atoms in total. The first-order valence-corrected chi connectivity index (χ1v) is 17.8. The number of fused-ring (bicyclic) bond motifs is 16. The van der Waals surface area contributed by atoms with Crippen molar-refractivity contribution in [3.05, 3.63) is 170 Å². The van der Waals surface area contributed by atoms with Gasteiger partial charge in [-0.05, 0) is 125 Å². The van der Waals surface area contributed by atoms with Crippen LogP contribution >= 0.6 is 0 Å². The summed E-state index contributed by atoms with van der Waals surface area (Å²) in [6.07, 6.45) is 0. The predicted molar refractivity (Wildman–Crippen MR) is 219 cm³/mol. The summed E-state index contributed by atoms with van der Waals surface area (Å²) >= 11 is 0. The molecule has 0 N–H and O–H groups in total. The first kappa shape index (κ1) is 27.9. The highest BCUT2D eigenvalue weighted by Crippen LogP contribution is 2.42. The van der Waals surface area contributed by atoms with Crippen LogP contribution in [0.2, 0.25) is 0 Å². The van der Waals surface area contributed by atoms with Gasteiger partial charge in [0.05, 0.1) is 0 Å². The van der Waals surface area contributed by atoms with Gasteiger partial charge in [0.15, 0.2) is 0 Å². The van der Waals surface area contributed by atoms with E-state index in [-0.39, 0.29) is 0 Å². The zero-order valence-electron chi connectivity index (χ0n) is 28.0. The van der Waals surface area contributed by atoms with Crippen LogP contribution in [0.15, 0.2) is 179 Å². The van der Waals surface area contributed by atoms with Crippen molar-refractivity contribution >= 4 is 97.7 Å². The fourth-order valence-electron chi connectivity index (χ4n) is 8.78. The van der Waals surface area contributed by atoms with E-state index in [1.54, 1.807) is 0 Å². The van der Waals surface area contributed by atoms with E-state index < -0.39 is 0 Å². The Labute approximate surface area is 297 Å². The van der Waals surface area contributed by atoms with Crippen LogP contribution in [0.3, 0.4) is 0 Å². The Morgan fingerprint density at radius 3 is 1.21 bits per heavy atom. The summed E-state index contributed by atoms with van der Waals surface area (Å²) in [5.74, 6) is 0. The number of furan rings is 2. The maximum Gasteiger partial charge on any atom is 0.136 e. The molecule has 2 heterocycles. The minimum absolute atomic E-state index is 0.876. The van der Waals surface area contributed by atoms with Gasteiger partial charge < -0.3 is 8.83 Å².